The molecule has 0 aliphatic carbocycles. The first-order chi connectivity index (χ1) is 24.5. The Morgan fingerprint density at radius 2 is 1.06 bits per heavy atom. The van der Waals surface area contributed by atoms with Crippen LogP contribution in [0.25, 0.3) is 11.1 Å². The monoisotopic (exact) mass is 802 g/mol. The fraction of sp³-hybridized carbons (Fsp3) is 0.128. The number of carboxylic acid groups (broad SMARTS) is 1. The first-order valence-corrected chi connectivity index (χ1v) is 16.7. The van der Waals surface area contributed by atoms with Crippen LogP contribution in [0.3, 0.4) is 0 Å². The molecule has 0 spiro atoms. The molecule has 3 N–H and O–H groups in total. The summed E-state index contributed by atoms with van der Waals surface area (Å²) in [5, 5.41) is 26.1. The molecular formula is C39H36BIO10. The van der Waals surface area contributed by atoms with Crippen molar-refractivity contribution >= 4 is 47.1 Å². The molecule has 262 valence electrons. The Bertz CT molecular complexity index is 1960. The molecule has 51 heavy (non-hydrogen) atoms. The Labute approximate surface area is 309 Å². The third kappa shape index (κ3) is 12.5. The molecule has 0 radical (unpaired) electrons. The van der Waals surface area contributed by atoms with E-state index in [1.54, 1.807) is 30.3 Å². The highest BCUT2D eigenvalue weighted by Gasteiger charge is 2.12. The summed E-state index contributed by atoms with van der Waals surface area (Å²) in [5.74, 6) is 1.03. The molecule has 4 aromatic carbocycles. The van der Waals surface area contributed by atoms with E-state index in [0.29, 0.717) is 22.7 Å². The number of rotatable bonds is 10. The standard InChI is InChI=1S/C19H16O4.C13H11IO4.C7H9BO2/c1-13-2-4-14(5-3-13)15-6-8-16(9-7-15)22-12-17-10-11-18(23-17)19(20)21;1-16-13(15)12-7-6-11(18-12)8-17-10-4-2-9(14)3-5-10;1-6-2-4-7(5-3-6)8(9)10/h2-11H,12H2,1H3,(H,20,21);2-7H,8H2,1H3;2-5,9-10H,1H3. The van der Waals surface area contributed by atoms with Crippen molar-refractivity contribution in [3.63, 3.8) is 0 Å². The number of methoxy groups -OCH3 is 1. The maximum atomic E-state index is 11.2. The van der Waals surface area contributed by atoms with Crippen LogP contribution in [0.5, 0.6) is 11.5 Å². The zero-order valence-electron chi connectivity index (χ0n) is 28.1. The summed E-state index contributed by atoms with van der Waals surface area (Å²) in [6.45, 7) is 4.48. The average Bonchev–Trinajstić information content (AvgIpc) is 3.82. The highest BCUT2D eigenvalue weighted by atomic mass is 127. The van der Waals surface area contributed by atoms with Crippen molar-refractivity contribution in [1.29, 1.82) is 0 Å². The summed E-state index contributed by atoms with van der Waals surface area (Å²) >= 11 is 2.23. The number of halogens is 1. The predicted molar refractivity (Wildman–Crippen MR) is 201 cm³/mol. The van der Waals surface area contributed by atoms with E-state index in [0.717, 1.165) is 26.0 Å². The van der Waals surface area contributed by atoms with E-state index in [9.17, 15) is 9.59 Å². The summed E-state index contributed by atoms with van der Waals surface area (Å²) in [6, 6.07) is 37.1. The van der Waals surface area contributed by atoms with E-state index in [4.69, 9.17) is 33.5 Å². The molecule has 0 atom stereocenters. The smallest absolute Gasteiger partial charge is 0.486 e. The molecule has 10 nitrogen and oxygen atoms in total. The van der Waals surface area contributed by atoms with Crippen LogP contribution in [0.1, 0.15) is 43.8 Å². The fourth-order valence-corrected chi connectivity index (χ4v) is 4.66. The minimum Gasteiger partial charge on any atom is -0.486 e. The van der Waals surface area contributed by atoms with Gasteiger partial charge in [-0.25, -0.2) is 9.59 Å². The number of aromatic carboxylic acids is 1. The number of carbonyl (C=O) groups is 2. The van der Waals surface area contributed by atoms with Crippen molar-refractivity contribution in [3.05, 3.63) is 159 Å². The van der Waals surface area contributed by atoms with Crippen LogP contribution in [0.2, 0.25) is 0 Å². The normalized spacial score (nSPS) is 10.2. The molecule has 0 aliphatic rings. The molecule has 2 aromatic heterocycles. The van der Waals surface area contributed by atoms with Crippen molar-refractivity contribution in [1.82, 2.24) is 0 Å². The summed E-state index contributed by atoms with van der Waals surface area (Å²) in [7, 11) is -0.0346. The first-order valence-electron chi connectivity index (χ1n) is 15.6. The SMILES string of the molecule is COC(=O)c1ccc(COc2ccc(I)cc2)o1.Cc1ccc(-c2ccc(OCc3ccc(C(=O)O)o3)cc2)cc1.Cc1ccc(B(O)O)cc1. The molecule has 0 bridgehead atoms. The zero-order valence-corrected chi connectivity index (χ0v) is 30.3. The fourth-order valence-electron chi connectivity index (χ4n) is 4.30. The summed E-state index contributed by atoms with van der Waals surface area (Å²) in [5.41, 5.74) is 5.14. The molecule has 6 aromatic rings. The Morgan fingerprint density at radius 3 is 1.51 bits per heavy atom. The number of ether oxygens (including phenoxy) is 3. The number of aryl methyl sites for hydroxylation is 2. The summed E-state index contributed by atoms with van der Waals surface area (Å²) in [6.07, 6.45) is 0. The van der Waals surface area contributed by atoms with Gasteiger partial charge in [-0.1, -0.05) is 71.8 Å². The molecule has 12 heteroatoms. The van der Waals surface area contributed by atoms with Crippen LogP contribution in [0.15, 0.2) is 130 Å². The summed E-state index contributed by atoms with van der Waals surface area (Å²) < 4.78 is 27.3. The second-order valence-electron chi connectivity index (χ2n) is 11.0. The third-order valence-corrected chi connectivity index (χ3v) is 7.83. The molecule has 6 rings (SSSR count). The number of furan rings is 2. The van der Waals surface area contributed by atoms with Gasteiger partial charge in [0.2, 0.25) is 11.5 Å². The number of carboxylic acids is 1. The number of hydrogen-bond donors (Lipinski definition) is 3. The lowest BCUT2D eigenvalue weighted by Gasteiger charge is -2.06. The number of benzene rings is 4. The first kappa shape index (κ1) is 38.5. The van der Waals surface area contributed by atoms with Crippen molar-refractivity contribution in [2.24, 2.45) is 0 Å². The topological polar surface area (TPSA) is 149 Å². The van der Waals surface area contributed by atoms with Gasteiger partial charge in [0.05, 0.1) is 7.11 Å². The van der Waals surface area contributed by atoms with E-state index in [1.807, 2.05) is 67.6 Å². The molecule has 0 saturated carbocycles. The quantitative estimate of drug-likeness (QED) is 0.0725. The van der Waals surface area contributed by atoms with Crippen molar-refractivity contribution in [2.75, 3.05) is 7.11 Å². The number of carbonyl (C=O) groups excluding carboxylic acids is 1. The zero-order chi connectivity index (χ0) is 36.8. The molecule has 0 aliphatic heterocycles. The lowest BCUT2D eigenvalue weighted by Crippen LogP contribution is -2.29. The van der Waals surface area contributed by atoms with Crippen LogP contribution in [-0.4, -0.2) is 41.3 Å². The Hall–Kier alpha value is -5.31. The Morgan fingerprint density at radius 1 is 0.627 bits per heavy atom. The molecule has 2 heterocycles. The number of esters is 1. The van der Waals surface area contributed by atoms with Gasteiger partial charge >= 0.3 is 19.1 Å². The van der Waals surface area contributed by atoms with Crippen molar-refractivity contribution < 1.29 is 47.8 Å². The second-order valence-corrected chi connectivity index (χ2v) is 12.3. The van der Waals surface area contributed by atoms with Gasteiger partial charge in [-0.3, -0.25) is 0 Å². The maximum absolute atomic E-state index is 11.2. The van der Waals surface area contributed by atoms with Crippen LogP contribution >= 0.6 is 22.6 Å². The lowest BCUT2D eigenvalue weighted by atomic mass is 9.80. The van der Waals surface area contributed by atoms with E-state index in [-0.39, 0.29) is 24.7 Å². The third-order valence-electron chi connectivity index (χ3n) is 7.11. The maximum Gasteiger partial charge on any atom is 0.488 e. The number of hydrogen-bond acceptors (Lipinski definition) is 9. The van der Waals surface area contributed by atoms with E-state index in [1.165, 1.54) is 18.7 Å². The predicted octanol–water partition coefficient (Wildman–Crippen LogP) is 7.46. The van der Waals surface area contributed by atoms with Gasteiger partial charge in [-0.15, -0.1) is 0 Å². The lowest BCUT2D eigenvalue weighted by molar-refractivity contribution is 0.0560. The van der Waals surface area contributed by atoms with Gasteiger partial charge in [0, 0.05) is 3.57 Å². The van der Waals surface area contributed by atoms with Gasteiger partial charge in [0.15, 0.2) is 0 Å². The average molecular weight is 802 g/mol. The van der Waals surface area contributed by atoms with Gasteiger partial charge < -0.3 is 38.2 Å². The molecule has 0 unspecified atom stereocenters. The van der Waals surface area contributed by atoms with Crippen LogP contribution in [0.4, 0.5) is 0 Å². The van der Waals surface area contributed by atoms with Gasteiger partial charge in [-0.2, -0.15) is 0 Å². The molecular weight excluding hydrogens is 766 g/mol. The summed E-state index contributed by atoms with van der Waals surface area (Å²) in [4.78, 5) is 21.9. The van der Waals surface area contributed by atoms with Crippen molar-refractivity contribution in [2.45, 2.75) is 27.1 Å². The van der Waals surface area contributed by atoms with Gasteiger partial charge in [-0.05, 0) is 114 Å². The molecule has 0 saturated heterocycles. The van der Waals surface area contributed by atoms with Gasteiger partial charge in [0.1, 0.15) is 36.2 Å². The highest BCUT2D eigenvalue weighted by molar-refractivity contribution is 14.1. The van der Waals surface area contributed by atoms with E-state index < -0.39 is 19.1 Å². The van der Waals surface area contributed by atoms with Crippen LogP contribution < -0.4 is 14.9 Å². The minimum absolute atomic E-state index is 0.0849. The largest absolute Gasteiger partial charge is 0.488 e. The van der Waals surface area contributed by atoms with E-state index in [2.05, 4.69) is 58.5 Å². The molecule has 0 amide bonds. The minimum atomic E-state index is -1.35. The second kappa shape index (κ2) is 19.2. The Kier molecular flexibility index (Phi) is 14.5. The van der Waals surface area contributed by atoms with Crippen LogP contribution in [0, 0.1) is 17.4 Å². The van der Waals surface area contributed by atoms with Crippen molar-refractivity contribution in [3.8, 4) is 22.6 Å². The van der Waals surface area contributed by atoms with E-state index >= 15 is 0 Å². The van der Waals surface area contributed by atoms with Crippen LogP contribution in [-0.2, 0) is 18.0 Å². The molecule has 0 fully saturated rings. The van der Waals surface area contributed by atoms with Gasteiger partial charge in [0.25, 0.3) is 0 Å². The Balaban J connectivity index is 0.000000185. The highest BCUT2D eigenvalue weighted by Crippen LogP contribution is 2.23.